The normalized spacial score (nSPS) is 16.3. The van der Waals surface area contributed by atoms with Crippen LogP contribution in [0.5, 0.6) is 0 Å². The highest BCUT2D eigenvalue weighted by Crippen LogP contribution is 2.13. The number of ether oxygens (including phenoxy) is 1. The molecule has 1 aromatic rings. The third-order valence-corrected chi connectivity index (χ3v) is 4.45. The van der Waals surface area contributed by atoms with E-state index in [1.54, 1.807) is 14.2 Å². The lowest BCUT2D eigenvalue weighted by molar-refractivity contribution is -0.120. The van der Waals surface area contributed by atoms with Gasteiger partial charge in [-0.25, -0.2) is 0 Å². The van der Waals surface area contributed by atoms with Crippen molar-refractivity contribution in [2.24, 2.45) is 4.99 Å². The average Bonchev–Trinajstić information content (AvgIpc) is 2.67. The molecule has 0 bridgehead atoms. The van der Waals surface area contributed by atoms with E-state index in [1.165, 1.54) is 5.56 Å². The number of carbonyl (C=O) groups is 1. The molecule has 1 aliphatic heterocycles. The molecule has 1 aromatic carbocycles. The molecule has 0 radical (unpaired) electrons. The van der Waals surface area contributed by atoms with Gasteiger partial charge in [-0.1, -0.05) is 30.3 Å². The monoisotopic (exact) mass is 361 g/mol. The maximum atomic E-state index is 11.7. The summed E-state index contributed by atoms with van der Waals surface area (Å²) in [4.78, 5) is 18.4. The van der Waals surface area contributed by atoms with Crippen LogP contribution in [0.4, 0.5) is 0 Å². The Hall–Kier alpha value is -2.12. The Balaban J connectivity index is 1.66. The van der Waals surface area contributed by atoms with Crippen LogP contribution < -0.4 is 16.0 Å². The molecule has 0 atom stereocenters. The Morgan fingerprint density at radius 2 is 1.96 bits per heavy atom. The second-order valence-electron chi connectivity index (χ2n) is 6.45. The van der Waals surface area contributed by atoms with Gasteiger partial charge in [0.05, 0.1) is 13.2 Å². The van der Waals surface area contributed by atoms with Crippen molar-refractivity contribution in [3.05, 3.63) is 35.9 Å². The van der Waals surface area contributed by atoms with Crippen LogP contribution in [0.3, 0.4) is 0 Å². The lowest BCUT2D eigenvalue weighted by atomic mass is 10.0. The average molecular weight is 361 g/mol. The minimum absolute atomic E-state index is 0.0670. The van der Waals surface area contributed by atoms with Gasteiger partial charge in [-0.3, -0.25) is 14.7 Å². The molecule has 0 aromatic heterocycles. The van der Waals surface area contributed by atoms with E-state index in [0.29, 0.717) is 25.2 Å². The molecule has 1 heterocycles. The number of rotatable bonds is 8. The molecule has 1 fully saturated rings. The molecule has 1 aliphatic rings. The van der Waals surface area contributed by atoms with Crippen molar-refractivity contribution in [3.8, 4) is 0 Å². The first-order chi connectivity index (χ1) is 12.7. The van der Waals surface area contributed by atoms with E-state index in [0.717, 1.165) is 32.5 Å². The van der Waals surface area contributed by atoms with Crippen LogP contribution in [0.2, 0.25) is 0 Å². The number of hydrogen-bond donors (Lipinski definition) is 3. The van der Waals surface area contributed by atoms with Gasteiger partial charge in [0.25, 0.3) is 0 Å². The van der Waals surface area contributed by atoms with Crippen LogP contribution in [-0.4, -0.2) is 69.8 Å². The zero-order valence-electron chi connectivity index (χ0n) is 15.8. The number of carbonyl (C=O) groups excluding carboxylic acids is 1. The predicted molar refractivity (Wildman–Crippen MR) is 104 cm³/mol. The Morgan fingerprint density at radius 3 is 2.62 bits per heavy atom. The number of aliphatic imine (C=N–C) groups is 1. The standard InChI is InChI=1S/C19H31N5O2/c1-20-19(22-14-18(25)21-10-13-26-2)23-17-8-11-24(12-9-17)15-16-6-4-3-5-7-16/h3-7,17H,8-15H2,1-2H3,(H,21,25)(H2,20,22,23). The first-order valence-electron chi connectivity index (χ1n) is 9.20. The second kappa shape index (κ2) is 11.5. The molecule has 0 saturated carbocycles. The predicted octanol–water partition coefficient (Wildman–Crippen LogP) is 0.579. The van der Waals surface area contributed by atoms with Gasteiger partial charge < -0.3 is 20.7 Å². The molecular weight excluding hydrogens is 330 g/mol. The summed E-state index contributed by atoms with van der Waals surface area (Å²) in [5.74, 6) is 0.607. The third-order valence-electron chi connectivity index (χ3n) is 4.45. The van der Waals surface area contributed by atoms with Crippen LogP contribution in [0.25, 0.3) is 0 Å². The second-order valence-corrected chi connectivity index (χ2v) is 6.45. The van der Waals surface area contributed by atoms with E-state index in [4.69, 9.17) is 4.74 Å². The van der Waals surface area contributed by atoms with Crippen LogP contribution in [0, 0.1) is 0 Å². The van der Waals surface area contributed by atoms with Gasteiger partial charge in [-0.2, -0.15) is 0 Å². The number of amides is 1. The Labute approximate surface area is 156 Å². The highest BCUT2D eigenvalue weighted by Gasteiger charge is 2.20. The summed E-state index contributed by atoms with van der Waals surface area (Å²) in [7, 11) is 3.34. The summed E-state index contributed by atoms with van der Waals surface area (Å²) in [6.45, 7) is 4.35. The molecule has 0 spiro atoms. The summed E-state index contributed by atoms with van der Waals surface area (Å²) in [5.41, 5.74) is 1.36. The summed E-state index contributed by atoms with van der Waals surface area (Å²) < 4.78 is 4.91. The summed E-state index contributed by atoms with van der Waals surface area (Å²) in [6, 6.07) is 11.0. The van der Waals surface area contributed by atoms with Crippen molar-refractivity contribution in [2.75, 3.05) is 46.9 Å². The van der Waals surface area contributed by atoms with Crippen molar-refractivity contribution in [1.82, 2.24) is 20.9 Å². The van der Waals surface area contributed by atoms with Crippen LogP contribution >= 0.6 is 0 Å². The van der Waals surface area contributed by atoms with E-state index < -0.39 is 0 Å². The third kappa shape index (κ3) is 7.41. The van der Waals surface area contributed by atoms with Gasteiger partial charge in [-0.15, -0.1) is 0 Å². The van der Waals surface area contributed by atoms with E-state index in [1.807, 2.05) is 0 Å². The molecule has 3 N–H and O–H groups in total. The molecule has 26 heavy (non-hydrogen) atoms. The van der Waals surface area contributed by atoms with Crippen molar-refractivity contribution in [1.29, 1.82) is 0 Å². The maximum Gasteiger partial charge on any atom is 0.239 e. The summed E-state index contributed by atoms with van der Waals surface area (Å²) in [5, 5.41) is 9.27. The fraction of sp³-hybridized carbons (Fsp3) is 0.579. The number of methoxy groups -OCH3 is 1. The largest absolute Gasteiger partial charge is 0.383 e. The van der Waals surface area contributed by atoms with E-state index in [-0.39, 0.29) is 12.5 Å². The number of likely N-dealkylation sites (tertiary alicyclic amines) is 1. The molecule has 7 nitrogen and oxygen atoms in total. The molecule has 0 aliphatic carbocycles. The van der Waals surface area contributed by atoms with Crippen LogP contribution in [-0.2, 0) is 16.1 Å². The lowest BCUT2D eigenvalue weighted by Gasteiger charge is -2.33. The minimum atomic E-state index is -0.0670. The number of piperidine rings is 1. The summed E-state index contributed by atoms with van der Waals surface area (Å²) in [6.07, 6.45) is 2.13. The Morgan fingerprint density at radius 1 is 1.23 bits per heavy atom. The molecule has 0 unspecified atom stereocenters. The molecule has 7 heteroatoms. The molecule has 2 rings (SSSR count). The zero-order chi connectivity index (χ0) is 18.6. The SMILES string of the molecule is CN=C(NCC(=O)NCCOC)NC1CCN(Cc2ccccc2)CC1. The van der Waals surface area contributed by atoms with Crippen molar-refractivity contribution in [3.63, 3.8) is 0 Å². The van der Waals surface area contributed by atoms with Crippen molar-refractivity contribution < 1.29 is 9.53 Å². The van der Waals surface area contributed by atoms with E-state index >= 15 is 0 Å². The number of guanidine groups is 1. The highest BCUT2D eigenvalue weighted by atomic mass is 16.5. The minimum Gasteiger partial charge on any atom is -0.383 e. The van der Waals surface area contributed by atoms with Gasteiger partial charge in [0.1, 0.15) is 0 Å². The Kier molecular flexibility index (Phi) is 8.92. The Bertz CT molecular complexity index is 556. The number of benzene rings is 1. The number of hydrogen-bond acceptors (Lipinski definition) is 4. The highest BCUT2D eigenvalue weighted by molar-refractivity contribution is 5.86. The molecule has 144 valence electrons. The van der Waals surface area contributed by atoms with Crippen molar-refractivity contribution >= 4 is 11.9 Å². The van der Waals surface area contributed by atoms with E-state index in [9.17, 15) is 4.79 Å². The maximum absolute atomic E-state index is 11.7. The van der Waals surface area contributed by atoms with Crippen LogP contribution in [0.15, 0.2) is 35.3 Å². The first-order valence-corrected chi connectivity index (χ1v) is 9.20. The van der Waals surface area contributed by atoms with Gasteiger partial charge in [0.2, 0.25) is 5.91 Å². The van der Waals surface area contributed by atoms with Gasteiger partial charge in [0.15, 0.2) is 5.96 Å². The number of nitrogens with one attached hydrogen (secondary N) is 3. The number of nitrogens with zero attached hydrogens (tertiary/aromatic N) is 2. The van der Waals surface area contributed by atoms with Gasteiger partial charge in [-0.05, 0) is 18.4 Å². The van der Waals surface area contributed by atoms with Gasteiger partial charge in [0, 0.05) is 46.4 Å². The molecular formula is C19H31N5O2. The molecule has 1 saturated heterocycles. The zero-order valence-corrected chi connectivity index (χ0v) is 15.8. The quantitative estimate of drug-likeness (QED) is 0.359. The summed E-state index contributed by atoms with van der Waals surface area (Å²) >= 11 is 0. The van der Waals surface area contributed by atoms with E-state index in [2.05, 4.69) is 56.2 Å². The topological polar surface area (TPSA) is 78.0 Å². The molecule has 1 amide bonds. The van der Waals surface area contributed by atoms with Crippen LogP contribution in [0.1, 0.15) is 18.4 Å². The lowest BCUT2D eigenvalue weighted by Crippen LogP contribution is -2.50. The smallest absolute Gasteiger partial charge is 0.239 e. The van der Waals surface area contributed by atoms with Gasteiger partial charge >= 0.3 is 0 Å². The first kappa shape index (κ1) is 20.2. The van der Waals surface area contributed by atoms with Crippen molar-refractivity contribution in [2.45, 2.75) is 25.4 Å². The fourth-order valence-corrected chi connectivity index (χ4v) is 2.98. The fourth-order valence-electron chi connectivity index (χ4n) is 2.98.